The second-order valence-corrected chi connectivity index (χ2v) is 13.0. The number of halogens is 2. The van der Waals surface area contributed by atoms with Crippen molar-refractivity contribution in [1.29, 1.82) is 0 Å². The van der Waals surface area contributed by atoms with Crippen molar-refractivity contribution >= 4 is 50.7 Å². The molecule has 0 saturated carbocycles. The Morgan fingerprint density at radius 1 is 0.902 bits per heavy atom. The molecule has 2 amide bonds. The molecule has 0 heterocycles. The molecule has 220 valence electrons. The van der Waals surface area contributed by atoms with E-state index in [0.717, 1.165) is 28.1 Å². The van der Waals surface area contributed by atoms with Crippen LogP contribution < -0.4 is 9.62 Å². The second kappa shape index (κ2) is 14.7. The number of carbonyl (C=O) groups excluding carboxylic acids is 2. The number of hydrogen-bond donors (Lipinski definition) is 1. The van der Waals surface area contributed by atoms with Gasteiger partial charge in [-0.15, -0.1) is 0 Å². The molecule has 0 aliphatic rings. The Labute approximate surface area is 253 Å². The van der Waals surface area contributed by atoms with E-state index in [4.69, 9.17) is 23.2 Å². The van der Waals surface area contributed by atoms with Crippen LogP contribution in [0.1, 0.15) is 49.8 Å². The lowest BCUT2D eigenvalue weighted by molar-refractivity contribution is -0.140. The fourth-order valence-corrected chi connectivity index (χ4v) is 5.74. The van der Waals surface area contributed by atoms with Crippen LogP contribution in [0.2, 0.25) is 10.0 Å². The van der Waals surface area contributed by atoms with Gasteiger partial charge in [0.1, 0.15) is 12.6 Å². The van der Waals surface area contributed by atoms with Gasteiger partial charge in [-0.25, -0.2) is 8.42 Å². The fraction of sp³-hybridized carbons (Fsp3) is 0.355. The van der Waals surface area contributed by atoms with Gasteiger partial charge >= 0.3 is 0 Å². The Kier molecular flexibility index (Phi) is 11.6. The molecule has 0 fully saturated rings. The van der Waals surface area contributed by atoms with E-state index in [-0.39, 0.29) is 24.8 Å². The van der Waals surface area contributed by atoms with Crippen LogP contribution in [0.4, 0.5) is 5.69 Å². The Morgan fingerprint density at radius 2 is 1.56 bits per heavy atom. The first kappa shape index (κ1) is 32.4. The van der Waals surface area contributed by atoms with Crippen LogP contribution in [0.25, 0.3) is 0 Å². The van der Waals surface area contributed by atoms with Crippen molar-refractivity contribution in [1.82, 2.24) is 10.2 Å². The fourth-order valence-electron chi connectivity index (χ4n) is 4.55. The Bertz CT molecular complexity index is 1450. The number of hydrogen-bond acceptors (Lipinski definition) is 4. The van der Waals surface area contributed by atoms with E-state index in [1.165, 1.54) is 4.90 Å². The third-order valence-electron chi connectivity index (χ3n) is 6.66. The van der Waals surface area contributed by atoms with Crippen molar-refractivity contribution in [2.24, 2.45) is 0 Å². The van der Waals surface area contributed by atoms with Crippen LogP contribution in [-0.2, 0) is 32.6 Å². The van der Waals surface area contributed by atoms with Crippen molar-refractivity contribution in [3.8, 4) is 0 Å². The van der Waals surface area contributed by atoms with Gasteiger partial charge in [0.25, 0.3) is 0 Å². The molecule has 0 spiro atoms. The molecule has 3 rings (SSSR count). The summed E-state index contributed by atoms with van der Waals surface area (Å²) in [5, 5.41) is 3.60. The quantitative estimate of drug-likeness (QED) is 0.253. The molecule has 0 unspecified atom stereocenters. The van der Waals surface area contributed by atoms with Gasteiger partial charge in [-0.05, 0) is 47.2 Å². The third kappa shape index (κ3) is 8.96. The predicted molar refractivity (Wildman–Crippen MR) is 167 cm³/mol. The maximum atomic E-state index is 14.2. The van der Waals surface area contributed by atoms with Crippen LogP contribution in [-0.4, -0.2) is 50.5 Å². The van der Waals surface area contributed by atoms with Crippen molar-refractivity contribution in [2.45, 2.75) is 52.1 Å². The highest BCUT2D eigenvalue weighted by atomic mass is 35.5. The second-order valence-electron chi connectivity index (χ2n) is 10.2. The smallest absolute Gasteiger partial charge is 0.244 e. The number of carbonyl (C=O) groups is 2. The summed E-state index contributed by atoms with van der Waals surface area (Å²) in [6.07, 6.45) is 2.04. The van der Waals surface area contributed by atoms with Crippen molar-refractivity contribution < 1.29 is 18.0 Å². The molecule has 41 heavy (non-hydrogen) atoms. The van der Waals surface area contributed by atoms with Gasteiger partial charge in [-0.1, -0.05) is 98.6 Å². The zero-order valence-corrected chi connectivity index (χ0v) is 26.1. The highest BCUT2D eigenvalue weighted by Gasteiger charge is 2.33. The van der Waals surface area contributed by atoms with Gasteiger partial charge in [0, 0.05) is 19.5 Å². The van der Waals surface area contributed by atoms with E-state index >= 15 is 0 Å². The van der Waals surface area contributed by atoms with Crippen molar-refractivity contribution in [3.05, 3.63) is 99.5 Å². The van der Waals surface area contributed by atoms with Gasteiger partial charge in [-0.2, -0.15) is 0 Å². The molecular formula is C31H37Cl2N3O4S. The Morgan fingerprint density at radius 3 is 2.17 bits per heavy atom. The van der Waals surface area contributed by atoms with Crippen molar-refractivity contribution in [2.75, 3.05) is 23.7 Å². The van der Waals surface area contributed by atoms with Gasteiger partial charge < -0.3 is 10.2 Å². The minimum absolute atomic E-state index is 0.0171. The molecule has 1 atom stereocenters. The molecule has 0 saturated heterocycles. The maximum Gasteiger partial charge on any atom is 0.244 e. The normalized spacial score (nSPS) is 12.2. The van der Waals surface area contributed by atoms with Crippen LogP contribution in [0.5, 0.6) is 0 Å². The number of anilines is 1. The lowest BCUT2D eigenvalue weighted by atomic mass is 10.0. The van der Waals surface area contributed by atoms with Gasteiger partial charge in [0.2, 0.25) is 21.8 Å². The first-order valence-electron chi connectivity index (χ1n) is 13.5. The molecule has 0 aliphatic heterocycles. The van der Waals surface area contributed by atoms with E-state index in [1.807, 2.05) is 63.2 Å². The Balaban J connectivity index is 2.10. The molecular weight excluding hydrogens is 581 g/mol. The monoisotopic (exact) mass is 617 g/mol. The van der Waals surface area contributed by atoms with Crippen LogP contribution in [0.15, 0.2) is 72.8 Å². The minimum atomic E-state index is -3.86. The van der Waals surface area contributed by atoms with E-state index in [9.17, 15) is 18.0 Å². The number of para-hydroxylation sites is 1. The summed E-state index contributed by atoms with van der Waals surface area (Å²) in [4.78, 5) is 29.2. The molecule has 0 aliphatic carbocycles. The maximum absolute atomic E-state index is 14.2. The molecule has 7 nitrogen and oxygen atoms in total. The summed E-state index contributed by atoms with van der Waals surface area (Å²) in [5.74, 6) is -0.825. The summed E-state index contributed by atoms with van der Waals surface area (Å²) >= 11 is 12.4. The number of benzene rings is 3. The Hall–Kier alpha value is -3.07. The number of amides is 2. The predicted octanol–water partition coefficient (Wildman–Crippen LogP) is 6.05. The summed E-state index contributed by atoms with van der Waals surface area (Å²) in [6, 6.07) is 20.6. The SMILES string of the molecule is CCCNC(=O)[C@H](Cc1ccccc1)N(Cc1ccc(Cl)c(Cl)c1)C(=O)CN(c1ccccc1C(C)C)S(C)(=O)=O. The van der Waals surface area contributed by atoms with E-state index in [0.29, 0.717) is 27.8 Å². The van der Waals surface area contributed by atoms with E-state index < -0.39 is 28.5 Å². The largest absolute Gasteiger partial charge is 0.354 e. The summed E-state index contributed by atoms with van der Waals surface area (Å²) in [7, 11) is -3.86. The van der Waals surface area contributed by atoms with Gasteiger partial charge in [0.05, 0.1) is 22.0 Å². The lowest BCUT2D eigenvalue weighted by Gasteiger charge is -2.34. The topological polar surface area (TPSA) is 86.8 Å². The average Bonchev–Trinajstić information content (AvgIpc) is 2.94. The highest BCUT2D eigenvalue weighted by Crippen LogP contribution is 2.30. The lowest BCUT2D eigenvalue weighted by Crippen LogP contribution is -2.53. The number of nitrogens with one attached hydrogen (secondary N) is 1. The standard InChI is InChI=1S/C31H37Cl2N3O4S/c1-5-17-34-31(38)29(19-23-11-7-6-8-12-23)35(20-24-15-16-26(32)27(33)18-24)30(37)21-36(41(4,39)40)28-14-10-9-13-25(28)22(2)3/h6-16,18,22,29H,5,17,19-21H2,1-4H3,(H,34,38)/t29-/m0/s1. The van der Waals surface area contributed by atoms with E-state index in [1.54, 1.807) is 30.3 Å². The molecule has 3 aromatic rings. The average molecular weight is 619 g/mol. The molecule has 10 heteroatoms. The highest BCUT2D eigenvalue weighted by molar-refractivity contribution is 7.92. The molecule has 0 aromatic heterocycles. The van der Waals surface area contributed by atoms with Gasteiger partial charge in [-0.3, -0.25) is 13.9 Å². The van der Waals surface area contributed by atoms with Crippen LogP contribution in [0, 0.1) is 0 Å². The zero-order valence-electron chi connectivity index (χ0n) is 23.8. The third-order valence-corrected chi connectivity index (χ3v) is 8.53. The van der Waals surface area contributed by atoms with Crippen molar-refractivity contribution in [3.63, 3.8) is 0 Å². The number of rotatable bonds is 13. The minimum Gasteiger partial charge on any atom is -0.354 e. The van der Waals surface area contributed by atoms with Crippen LogP contribution >= 0.6 is 23.2 Å². The zero-order chi connectivity index (χ0) is 30.2. The number of sulfonamides is 1. The molecule has 0 bridgehead atoms. The summed E-state index contributed by atoms with van der Waals surface area (Å²) < 4.78 is 27.3. The molecule has 0 radical (unpaired) electrons. The first-order valence-corrected chi connectivity index (χ1v) is 16.1. The van der Waals surface area contributed by atoms with E-state index in [2.05, 4.69) is 5.32 Å². The van der Waals surface area contributed by atoms with Crippen LogP contribution in [0.3, 0.4) is 0 Å². The van der Waals surface area contributed by atoms with Gasteiger partial charge in [0.15, 0.2) is 0 Å². The first-order chi connectivity index (χ1) is 19.4. The molecule has 1 N–H and O–H groups in total. The summed E-state index contributed by atoms with van der Waals surface area (Å²) in [6.45, 7) is 5.86. The molecule has 3 aromatic carbocycles. The number of nitrogens with zero attached hydrogens (tertiary/aromatic N) is 2. The summed E-state index contributed by atoms with van der Waals surface area (Å²) in [5.41, 5.74) is 2.75.